The van der Waals surface area contributed by atoms with E-state index in [2.05, 4.69) is 39.6 Å². The van der Waals surface area contributed by atoms with Crippen molar-refractivity contribution in [2.45, 2.75) is 80.2 Å². The molecule has 4 heteroatoms. The van der Waals surface area contributed by atoms with E-state index in [4.69, 9.17) is 0 Å². The fraction of sp³-hybridized carbons (Fsp3) is 0.826. The summed E-state index contributed by atoms with van der Waals surface area (Å²) < 4.78 is 0. The van der Waals surface area contributed by atoms with Crippen LogP contribution in [0.25, 0.3) is 0 Å². The van der Waals surface area contributed by atoms with Crippen LogP contribution in [0.4, 0.5) is 0 Å². The molecule has 4 nitrogen and oxygen atoms in total. The van der Waals surface area contributed by atoms with Gasteiger partial charge in [0.05, 0.1) is 0 Å². The van der Waals surface area contributed by atoms with Crippen LogP contribution < -0.4 is 5.32 Å². The second kappa shape index (κ2) is 9.75. The summed E-state index contributed by atoms with van der Waals surface area (Å²) in [7, 11) is 1.91. The molecule has 0 spiro atoms. The number of Topliss-reactive ketones (excluding diaryl/α,β-unsaturated/α-hetero) is 1. The molecular weight excluding hydrogens is 336 g/mol. The van der Waals surface area contributed by atoms with Gasteiger partial charge in [-0.3, -0.25) is 9.59 Å². The summed E-state index contributed by atoms with van der Waals surface area (Å²) in [4.78, 5) is 27.0. The van der Waals surface area contributed by atoms with Crippen molar-refractivity contribution >= 4 is 11.7 Å². The Labute approximate surface area is 167 Å². The van der Waals surface area contributed by atoms with Gasteiger partial charge in [-0.15, -0.1) is 0 Å². The van der Waals surface area contributed by atoms with Crippen molar-refractivity contribution in [2.24, 2.45) is 29.1 Å². The Morgan fingerprint density at radius 2 is 1.81 bits per heavy atom. The van der Waals surface area contributed by atoms with Crippen LogP contribution >= 0.6 is 0 Å². The van der Waals surface area contributed by atoms with Crippen molar-refractivity contribution in [1.82, 2.24) is 10.2 Å². The third-order valence-corrected chi connectivity index (χ3v) is 6.76. The summed E-state index contributed by atoms with van der Waals surface area (Å²) in [6.07, 6.45) is 4.30. The molecule has 1 fully saturated rings. The third kappa shape index (κ3) is 5.83. The molecule has 1 amide bonds. The highest BCUT2D eigenvalue weighted by Crippen LogP contribution is 2.62. The zero-order valence-electron chi connectivity index (χ0n) is 18.9. The molecule has 0 radical (unpaired) electrons. The van der Waals surface area contributed by atoms with Gasteiger partial charge < -0.3 is 10.2 Å². The molecule has 1 aliphatic rings. The minimum Gasteiger partial charge on any atom is -0.378 e. The minimum absolute atomic E-state index is 0.0609. The largest absolute Gasteiger partial charge is 0.378 e. The van der Waals surface area contributed by atoms with Crippen LogP contribution in [-0.4, -0.2) is 36.2 Å². The molecule has 0 aromatic heterocycles. The molecular formula is C23H42N2O2. The van der Waals surface area contributed by atoms with Crippen molar-refractivity contribution in [3.8, 4) is 0 Å². The van der Waals surface area contributed by atoms with Gasteiger partial charge in [0.1, 0.15) is 11.8 Å². The van der Waals surface area contributed by atoms with E-state index >= 15 is 0 Å². The van der Waals surface area contributed by atoms with Gasteiger partial charge in [0.2, 0.25) is 5.91 Å². The predicted molar refractivity (Wildman–Crippen MR) is 113 cm³/mol. The van der Waals surface area contributed by atoms with E-state index in [1.54, 1.807) is 6.92 Å². The number of carbonyl (C=O) groups excluding carboxylic acids is 2. The molecule has 0 aliphatic heterocycles. The molecule has 0 saturated heterocycles. The standard InChI is InChI=1S/C23H42N2O2/c1-10-12-13-18(11-2)21(24-15(3)4)22(27)25(9)14-19-20(23(19,7)8)16(5)17(6)26/h16,18-21,24H,3,10-14H2,1-2,4-9H3/t16?,18?,19-,20+,21?/m0/s1. The normalized spacial score (nSPS) is 23.9. The summed E-state index contributed by atoms with van der Waals surface area (Å²) in [6, 6.07) is -0.213. The fourth-order valence-corrected chi connectivity index (χ4v) is 4.72. The maximum absolute atomic E-state index is 13.3. The maximum atomic E-state index is 13.3. The number of hydrogen-bond donors (Lipinski definition) is 1. The quantitative estimate of drug-likeness (QED) is 0.538. The molecule has 0 heterocycles. The number of rotatable bonds is 12. The third-order valence-electron chi connectivity index (χ3n) is 6.76. The number of carbonyl (C=O) groups is 2. The second-order valence-corrected chi connectivity index (χ2v) is 9.28. The first-order valence-electron chi connectivity index (χ1n) is 10.7. The lowest BCUT2D eigenvalue weighted by Crippen LogP contribution is -2.49. The molecule has 5 atom stereocenters. The Bertz CT molecular complexity index is 540. The summed E-state index contributed by atoms with van der Waals surface area (Å²) in [5.41, 5.74) is 0.954. The smallest absolute Gasteiger partial charge is 0.245 e. The van der Waals surface area contributed by atoms with Gasteiger partial charge in [-0.05, 0) is 43.4 Å². The lowest BCUT2D eigenvalue weighted by Gasteiger charge is -2.31. The number of likely N-dealkylation sites (N-methyl/N-ethyl adjacent to an activating group) is 1. The second-order valence-electron chi connectivity index (χ2n) is 9.28. The lowest BCUT2D eigenvalue weighted by molar-refractivity contribution is -0.133. The van der Waals surface area contributed by atoms with Gasteiger partial charge in [0, 0.05) is 25.2 Å². The predicted octanol–water partition coefficient (Wildman–Crippen LogP) is 4.65. The lowest BCUT2D eigenvalue weighted by atomic mass is 9.90. The average Bonchev–Trinajstić information content (AvgIpc) is 3.12. The number of hydrogen-bond acceptors (Lipinski definition) is 3. The first-order chi connectivity index (χ1) is 12.5. The van der Waals surface area contributed by atoms with Gasteiger partial charge in [-0.2, -0.15) is 0 Å². The summed E-state index contributed by atoms with van der Waals surface area (Å²) in [5, 5.41) is 3.35. The fourth-order valence-electron chi connectivity index (χ4n) is 4.72. The van der Waals surface area contributed by atoms with Gasteiger partial charge in [-0.25, -0.2) is 0 Å². The highest BCUT2D eigenvalue weighted by molar-refractivity contribution is 5.82. The van der Waals surface area contributed by atoms with Crippen molar-refractivity contribution in [3.05, 3.63) is 12.3 Å². The van der Waals surface area contributed by atoms with Crippen molar-refractivity contribution in [2.75, 3.05) is 13.6 Å². The van der Waals surface area contributed by atoms with Crippen molar-refractivity contribution in [1.29, 1.82) is 0 Å². The molecule has 3 unspecified atom stereocenters. The van der Waals surface area contributed by atoms with Gasteiger partial charge in [-0.1, -0.05) is 60.5 Å². The summed E-state index contributed by atoms with van der Waals surface area (Å²) in [6.45, 7) is 19.1. The van der Waals surface area contributed by atoms with Crippen LogP contribution in [0.15, 0.2) is 12.3 Å². The molecule has 0 aromatic carbocycles. The highest BCUT2D eigenvalue weighted by Gasteiger charge is 2.60. The van der Waals surface area contributed by atoms with Gasteiger partial charge in [0.25, 0.3) is 0 Å². The van der Waals surface area contributed by atoms with Crippen LogP contribution in [0.5, 0.6) is 0 Å². The van der Waals surface area contributed by atoms with Crippen LogP contribution in [0, 0.1) is 29.1 Å². The van der Waals surface area contributed by atoms with Crippen molar-refractivity contribution < 1.29 is 9.59 Å². The van der Waals surface area contributed by atoms with Gasteiger partial charge >= 0.3 is 0 Å². The Kier molecular flexibility index (Phi) is 8.56. The molecule has 0 bridgehead atoms. The number of nitrogens with zero attached hydrogens (tertiary/aromatic N) is 1. The van der Waals surface area contributed by atoms with Crippen molar-refractivity contribution in [3.63, 3.8) is 0 Å². The highest BCUT2D eigenvalue weighted by atomic mass is 16.2. The summed E-state index contributed by atoms with van der Waals surface area (Å²) in [5.74, 6) is 1.52. The monoisotopic (exact) mass is 378 g/mol. The zero-order chi connectivity index (χ0) is 20.9. The number of unbranched alkanes of at least 4 members (excludes halogenated alkanes) is 1. The zero-order valence-corrected chi connectivity index (χ0v) is 18.9. The molecule has 1 saturated carbocycles. The average molecular weight is 379 g/mol. The van der Waals surface area contributed by atoms with Crippen LogP contribution in [0.2, 0.25) is 0 Å². The van der Waals surface area contributed by atoms with Crippen LogP contribution in [0.1, 0.15) is 74.1 Å². The SMILES string of the molecule is C=C(C)NC(C(=O)N(C)C[C@H]1[C@@H](C(C)C(C)=O)C1(C)C)C(CC)CCCC. The molecule has 1 aliphatic carbocycles. The van der Waals surface area contributed by atoms with E-state index in [0.29, 0.717) is 24.3 Å². The van der Waals surface area contributed by atoms with E-state index in [-0.39, 0.29) is 29.1 Å². The minimum atomic E-state index is -0.213. The van der Waals surface area contributed by atoms with E-state index in [0.717, 1.165) is 31.4 Å². The molecule has 1 N–H and O–H groups in total. The van der Waals surface area contributed by atoms with E-state index in [1.807, 2.05) is 25.8 Å². The van der Waals surface area contributed by atoms with E-state index in [1.165, 1.54) is 0 Å². The molecule has 0 aromatic rings. The van der Waals surface area contributed by atoms with Crippen LogP contribution in [-0.2, 0) is 9.59 Å². The van der Waals surface area contributed by atoms with E-state index < -0.39 is 0 Å². The number of allylic oxidation sites excluding steroid dienone is 1. The maximum Gasteiger partial charge on any atom is 0.245 e. The Morgan fingerprint density at radius 3 is 2.26 bits per heavy atom. The van der Waals surface area contributed by atoms with E-state index in [9.17, 15) is 9.59 Å². The molecule has 1 rings (SSSR count). The number of ketones is 1. The van der Waals surface area contributed by atoms with Crippen LogP contribution in [0.3, 0.4) is 0 Å². The topological polar surface area (TPSA) is 49.4 Å². The van der Waals surface area contributed by atoms with Gasteiger partial charge in [0.15, 0.2) is 0 Å². The Morgan fingerprint density at radius 1 is 1.22 bits per heavy atom. The first-order valence-corrected chi connectivity index (χ1v) is 10.7. The molecule has 27 heavy (non-hydrogen) atoms. The Balaban J connectivity index is 2.86. The summed E-state index contributed by atoms with van der Waals surface area (Å²) >= 11 is 0. The number of amides is 1. The first kappa shape index (κ1) is 23.7. The molecule has 156 valence electrons. The number of nitrogens with one attached hydrogen (secondary N) is 1. The Hall–Kier alpha value is -1.32.